The van der Waals surface area contributed by atoms with Crippen molar-refractivity contribution in [3.8, 4) is 5.75 Å². The van der Waals surface area contributed by atoms with Gasteiger partial charge in [-0.05, 0) is 12.1 Å². The highest BCUT2D eigenvalue weighted by molar-refractivity contribution is 5.84. The van der Waals surface area contributed by atoms with E-state index in [1.807, 2.05) is 30.3 Å². The third-order valence-corrected chi connectivity index (χ3v) is 2.43. The number of benzene rings is 1. The molecule has 0 radical (unpaired) electrons. The van der Waals surface area contributed by atoms with Crippen LogP contribution in [0.3, 0.4) is 0 Å². The Morgan fingerprint density at radius 2 is 2.00 bits per heavy atom. The van der Waals surface area contributed by atoms with Crippen LogP contribution >= 0.6 is 0 Å². The SMILES string of the molecule is c1cnc2c(OCc3ncco3)cccc2c1. The Hall–Kier alpha value is -2.36. The van der Waals surface area contributed by atoms with Gasteiger partial charge in [0.25, 0.3) is 0 Å². The third-order valence-electron chi connectivity index (χ3n) is 2.43. The molecule has 0 amide bonds. The van der Waals surface area contributed by atoms with Gasteiger partial charge in [0.05, 0.1) is 6.20 Å². The van der Waals surface area contributed by atoms with Crippen LogP contribution in [-0.2, 0) is 6.61 Å². The van der Waals surface area contributed by atoms with Gasteiger partial charge in [0.15, 0.2) is 6.61 Å². The molecule has 0 aliphatic heterocycles. The summed E-state index contributed by atoms with van der Waals surface area (Å²) in [6.45, 7) is 0.308. The first-order valence-corrected chi connectivity index (χ1v) is 5.28. The molecule has 0 N–H and O–H groups in total. The molecular formula is C13H10N2O2. The van der Waals surface area contributed by atoms with Gasteiger partial charge < -0.3 is 9.15 Å². The largest absolute Gasteiger partial charge is 0.482 e. The maximum atomic E-state index is 5.64. The second kappa shape index (κ2) is 4.25. The maximum absolute atomic E-state index is 5.64. The summed E-state index contributed by atoms with van der Waals surface area (Å²) >= 11 is 0. The van der Waals surface area contributed by atoms with Crippen LogP contribution in [0, 0.1) is 0 Å². The molecule has 0 aliphatic carbocycles. The first-order chi connectivity index (χ1) is 8.43. The molecular weight excluding hydrogens is 216 g/mol. The van der Waals surface area contributed by atoms with Crippen LogP contribution in [-0.4, -0.2) is 9.97 Å². The molecule has 0 saturated heterocycles. The minimum Gasteiger partial charge on any atom is -0.482 e. The normalized spacial score (nSPS) is 10.6. The summed E-state index contributed by atoms with van der Waals surface area (Å²) in [5.41, 5.74) is 0.849. The van der Waals surface area contributed by atoms with Crippen molar-refractivity contribution in [2.75, 3.05) is 0 Å². The van der Waals surface area contributed by atoms with E-state index in [9.17, 15) is 0 Å². The quantitative estimate of drug-likeness (QED) is 0.689. The zero-order chi connectivity index (χ0) is 11.5. The molecule has 0 aliphatic rings. The molecule has 0 saturated carbocycles. The Bertz CT molecular complexity index is 615. The number of hydrogen-bond donors (Lipinski definition) is 0. The van der Waals surface area contributed by atoms with E-state index < -0.39 is 0 Å². The minimum atomic E-state index is 0.308. The predicted octanol–water partition coefficient (Wildman–Crippen LogP) is 2.80. The molecule has 1 aromatic carbocycles. The first-order valence-electron chi connectivity index (χ1n) is 5.28. The topological polar surface area (TPSA) is 48.2 Å². The summed E-state index contributed by atoms with van der Waals surface area (Å²) in [4.78, 5) is 8.30. The van der Waals surface area contributed by atoms with Gasteiger partial charge in [-0.3, -0.25) is 4.98 Å². The number of hydrogen-bond acceptors (Lipinski definition) is 4. The predicted molar refractivity (Wildman–Crippen MR) is 62.6 cm³/mol. The van der Waals surface area contributed by atoms with E-state index in [2.05, 4.69) is 9.97 Å². The molecule has 0 bridgehead atoms. The average molecular weight is 226 g/mol. The van der Waals surface area contributed by atoms with Crippen LogP contribution in [0.4, 0.5) is 0 Å². The fourth-order valence-electron chi connectivity index (χ4n) is 1.66. The van der Waals surface area contributed by atoms with Crippen molar-refractivity contribution in [2.24, 2.45) is 0 Å². The number of aromatic nitrogens is 2. The Morgan fingerprint density at radius 3 is 2.88 bits per heavy atom. The first kappa shape index (κ1) is 9.84. The zero-order valence-corrected chi connectivity index (χ0v) is 9.04. The molecule has 2 heterocycles. The summed E-state index contributed by atoms with van der Waals surface area (Å²) < 4.78 is 10.8. The summed E-state index contributed by atoms with van der Waals surface area (Å²) in [5.74, 6) is 1.29. The Kier molecular flexibility index (Phi) is 2.46. The molecule has 0 spiro atoms. The van der Waals surface area contributed by atoms with Crippen LogP contribution in [0.15, 0.2) is 53.4 Å². The van der Waals surface area contributed by atoms with Crippen LogP contribution < -0.4 is 4.74 Å². The smallest absolute Gasteiger partial charge is 0.232 e. The standard InChI is InChI=1S/C13H10N2O2/c1-3-10-4-2-6-15-13(10)11(5-1)17-9-12-14-7-8-16-12/h1-8H,9H2. The number of rotatable bonds is 3. The van der Waals surface area contributed by atoms with Crippen molar-refractivity contribution in [2.45, 2.75) is 6.61 Å². The number of ether oxygens (including phenoxy) is 1. The lowest BCUT2D eigenvalue weighted by atomic mass is 10.2. The van der Waals surface area contributed by atoms with Crippen molar-refractivity contribution in [3.63, 3.8) is 0 Å². The minimum absolute atomic E-state index is 0.308. The number of pyridine rings is 1. The lowest BCUT2D eigenvalue weighted by Crippen LogP contribution is -1.96. The van der Waals surface area contributed by atoms with Crippen LogP contribution in [0.2, 0.25) is 0 Å². The fourth-order valence-corrected chi connectivity index (χ4v) is 1.66. The van der Waals surface area contributed by atoms with Gasteiger partial charge in [-0.1, -0.05) is 18.2 Å². The van der Waals surface area contributed by atoms with Gasteiger partial charge in [0.1, 0.15) is 17.5 Å². The van der Waals surface area contributed by atoms with E-state index >= 15 is 0 Å². The maximum Gasteiger partial charge on any atom is 0.232 e. The molecule has 0 unspecified atom stereocenters. The monoisotopic (exact) mass is 226 g/mol. The van der Waals surface area contributed by atoms with Crippen molar-refractivity contribution in [1.82, 2.24) is 9.97 Å². The van der Waals surface area contributed by atoms with E-state index in [1.165, 1.54) is 6.26 Å². The fraction of sp³-hybridized carbons (Fsp3) is 0.0769. The molecule has 0 atom stereocenters. The molecule has 3 aromatic rings. The molecule has 3 rings (SSSR count). The van der Waals surface area contributed by atoms with Crippen LogP contribution in [0.1, 0.15) is 5.89 Å². The highest BCUT2D eigenvalue weighted by atomic mass is 16.5. The number of nitrogens with zero attached hydrogens (tertiary/aromatic N) is 2. The number of oxazole rings is 1. The Balaban J connectivity index is 1.90. The summed E-state index contributed by atoms with van der Waals surface area (Å²) in [6, 6.07) is 9.73. The molecule has 84 valence electrons. The molecule has 4 nitrogen and oxygen atoms in total. The van der Waals surface area contributed by atoms with Crippen LogP contribution in [0.5, 0.6) is 5.75 Å². The second-order valence-corrected chi connectivity index (χ2v) is 3.55. The van der Waals surface area contributed by atoms with Crippen molar-refractivity contribution >= 4 is 10.9 Å². The second-order valence-electron chi connectivity index (χ2n) is 3.55. The molecule has 17 heavy (non-hydrogen) atoms. The molecule has 2 aromatic heterocycles. The Morgan fingerprint density at radius 1 is 1.06 bits per heavy atom. The average Bonchev–Trinajstić information content (AvgIpc) is 2.89. The van der Waals surface area contributed by atoms with E-state index in [1.54, 1.807) is 12.4 Å². The van der Waals surface area contributed by atoms with Gasteiger partial charge >= 0.3 is 0 Å². The molecule has 0 fully saturated rings. The van der Waals surface area contributed by atoms with Gasteiger partial charge in [-0.25, -0.2) is 4.98 Å². The summed E-state index contributed by atoms with van der Waals surface area (Å²) in [7, 11) is 0. The molecule has 4 heteroatoms. The van der Waals surface area contributed by atoms with Crippen molar-refractivity contribution < 1.29 is 9.15 Å². The lowest BCUT2D eigenvalue weighted by molar-refractivity contribution is 0.265. The summed E-state index contributed by atoms with van der Waals surface area (Å²) in [5, 5.41) is 1.05. The van der Waals surface area contributed by atoms with E-state index in [4.69, 9.17) is 9.15 Å². The highest BCUT2D eigenvalue weighted by Crippen LogP contribution is 2.23. The third kappa shape index (κ3) is 1.97. The van der Waals surface area contributed by atoms with E-state index in [0.717, 1.165) is 16.7 Å². The van der Waals surface area contributed by atoms with Crippen molar-refractivity contribution in [3.05, 3.63) is 54.9 Å². The van der Waals surface area contributed by atoms with E-state index in [-0.39, 0.29) is 0 Å². The zero-order valence-electron chi connectivity index (χ0n) is 9.04. The van der Waals surface area contributed by atoms with Crippen molar-refractivity contribution in [1.29, 1.82) is 0 Å². The van der Waals surface area contributed by atoms with E-state index in [0.29, 0.717) is 12.5 Å². The lowest BCUT2D eigenvalue weighted by Gasteiger charge is -2.06. The van der Waals surface area contributed by atoms with Gasteiger partial charge in [0.2, 0.25) is 5.89 Å². The Labute approximate surface area is 97.9 Å². The van der Waals surface area contributed by atoms with Gasteiger partial charge in [0, 0.05) is 11.6 Å². The van der Waals surface area contributed by atoms with Gasteiger partial charge in [-0.2, -0.15) is 0 Å². The number of fused-ring (bicyclic) bond motifs is 1. The van der Waals surface area contributed by atoms with Gasteiger partial charge in [-0.15, -0.1) is 0 Å². The summed E-state index contributed by atoms with van der Waals surface area (Å²) in [6.07, 6.45) is 4.88. The van der Waals surface area contributed by atoms with Crippen LogP contribution in [0.25, 0.3) is 10.9 Å². The number of para-hydroxylation sites is 1. The highest BCUT2D eigenvalue weighted by Gasteiger charge is 2.04.